The second-order valence-corrected chi connectivity index (χ2v) is 7.19. The lowest BCUT2D eigenvalue weighted by Crippen LogP contribution is -1.93. The maximum Gasteiger partial charge on any atom is 0.212 e. The molecule has 1 aromatic carbocycles. The van der Waals surface area contributed by atoms with E-state index in [2.05, 4.69) is 15.9 Å². The summed E-state index contributed by atoms with van der Waals surface area (Å²) < 4.78 is 2.17. The summed E-state index contributed by atoms with van der Waals surface area (Å²) >= 11 is 6.55. The van der Waals surface area contributed by atoms with Gasteiger partial charge in [0.25, 0.3) is 0 Å². The molecule has 0 saturated carbocycles. The van der Waals surface area contributed by atoms with Gasteiger partial charge in [0.05, 0.1) is 9.75 Å². The van der Waals surface area contributed by atoms with E-state index in [1.165, 1.54) is 11.3 Å². The van der Waals surface area contributed by atoms with Gasteiger partial charge in [-0.05, 0) is 46.4 Å². The lowest BCUT2D eigenvalue weighted by Gasteiger charge is -1.90. The number of hydrogen-bond acceptors (Lipinski definition) is 3. The average Bonchev–Trinajstić information content (AvgIpc) is 2.93. The highest BCUT2D eigenvalue weighted by molar-refractivity contribution is 9.10. The van der Waals surface area contributed by atoms with E-state index in [9.17, 15) is 4.79 Å². The van der Waals surface area contributed by atoms with E-state index in [-0.39, 0.29) is 5.78 Å². The molecule has 0 aliphatic carbocycles. The third-order valence-corrected chi connectivity index (χ3v) is 5.98. The fraction of sp³-hybridized carbons (Fsp3) is 0.0714. The maximum atomic E-state index is 12.4. The first-order chi connectivity index (χ1) is 8.65. The molecule has 0 fully saturated rings. The Morgan fingerprint density at radius 1 is 1.11 bits per heavy atom. The van der Waals surface area contributed by atoms with Crippen LogP contribution in [0.5, 0.6) is 0 Å². The molecule has 3 aromatic rings. The standard InChI is InChI=1S/C14H9BrOS2/c1-8-10(15)7-13(17-8)14(16)12-6-9-4-2-3-5-11(9)18-12/h2-7H,1H3. The van der Waals surface area contributed by atoms with Crippen LogP contribution < -0.4 is 0 Å². The minimum atomic E-state index is 0.120. The van der Waals surface area contributed by atoms with E-state index in [4.69, 9.17) is 0 Å². The lowest BCUT2D eigenvalue weighted by atomic mass is 10.2. The highest BCUT2D eigenvalue weighted by Crippen LogP contribution is 2.32. The molecule has 2 aromatic heterocycles. The Morgan fingerprint density at radius 3 is 2.50 bits per heavy atom. The molecular formula is C14H9BrOS2. The molecule has 0 spiro atoms. The van der Waals surface area contributed by atoms with Crippen molar-refractivity contribution in [1.82, 2.24) is 0 Å². The monoisotopic (exact) mass is 336 g/mol. The zero-order valence-electron chi connectivity index (χ0n) is 9.57. The van der Waals surface area contributed by atoms with Gasteiger partial charge in [-0.2, -0.15) is 0 Å². The highest BCUT2D eigenvalue weighted by Gasteiger charge is 2.15. The van der Waals surface area contributed by atoms with Crippen LogP contribution in [-0.4, -0.2) is 5.78 Å². The van der Waals surface area contributed by atoms with E-state index in [0.717, 1.165) is 29.2 Å². The Hall–Kier alpha value is -0.970. The van der Waals surface area contributed by atoms with E-state index in [0.29, 0.717) is 0 Å². The highest BCUT2D eigenvalue weighted by atomic mass is 79.9. The van der Waals surface area contributed by atoms with Crippen LogP contribution in [0.2, 0.25) is 0 Å². The van der Waals surface area contributed by atoms with Gasteiger partial charge in [0.15, 0.2) is 0 Å². The SMILES string of the molecule is Cc1sc(C(=O)c2cc3ccccc3s2)cc1Br. The zero-order chi connectivity index (χ0) is 12.7. The first-order valence-electron chi connectivity index (χ1n) is 5.44. The topological polar surface area (TPSA) is 17.1 Å². The molecular weight excluding hydrogens is 328 g/mol. The Balaban J connectivity index is 2.06. The molecule has 0 N–H and O–H groups in total. The molecule has 3 rings (SSSR count). The maximum absolute atomic E-state index is 12.4. The van der Waals surface area contributed by atoms with Crippen LogP contribution in [0.4, 0.5) is 0 Å². The van der Waals surface area contributed by atoms with Crippen molar-refractivity contribution in [3.63, 3.8) is 0 Å². The number of benzene rings is 1. The molecule has 0 radical (unpaired) electrons. The molecule has 0 bridgehead atoms. The number of fused-ring (bicyclic) bond motifs is 1. The summed E-state index contributed by atoms with van der Waals surface area (Å²) in [5, 5.41) is 1.14. The number of carbonyl (C=O) groups excluding carboxylic acids is 1. The summed E-state index contributed by atoms with van der Waals surface area (Å²) in [6, 6.07) is 12.0. The van der Waals surface area contributed by atoms with Gasteiger partial charge < -0.3 is 0 Å². The molecule has 0 amide bonds. The summed E-state index contributed by atoms with van der Waals surface area (Å²) in [5.74, 6) is 0.120. The molecule has 0 unspecified atom stereocenters. The number of carbonyl (C=O) groups is 1. The van der Waals surface area contributed by atoms with E-state index in [1.807, 2.05) is 43.3 Å². The van der Waals surface area contributed by atoms with Crippen LogP contribution in [0.15, 0.2) is 40.9 Å². The molecule has 90 valence electrons. The quantitative estimate of drug-likeness (QED) is 0.583. The van der Waals surface area contributed by atoms with Crippen LogP contribution in [-0.2, 0) is 0 Å². The number of aryl methyl sites for hydroxylation is 1. The predicted molar refractivity (Wildman–Crippen MR) is 82.0 cm³/mol. The van der Waals surface area contributed by atoms with Crippen LogP contribution in [0, 0.1) is 6.92 Å². The molecule has 18 heavy (non-hydrogen) atoms. The summed E-state index contributed by atoms with van der Waals surface area (Å²) in [7, 11) is 0. The molecule has 0 atom stereocenters. The molecule has 4 heteroatoms. The summed E-state index contributed by atoms with van der Waals surface area (Å²) in [6.45, 7) is 2.01. The Bertz CT molecular complexity index is 687. The lowest BCUT2D eigenvalue weighted by molar-refractivity contribution is 0.104. The molecule has 0 aliphatic heterocycles. The molecule has 0 saturated heterocycles. The first kappa shape index (κ1) is 12.1. The number of ketones is 1. The second kappa shape index (κ2) is 4.61. The molecule has 0 aliphatic rings. The molecule has 1 nitrogen and oxygen atoms in total. The zero-order valence-corrected chi connectivity index (χ0v) is 12.8. The van der Waals surface area contributed by atoms with Crippen molar-refractivity contribution < 1.29 is 4.79 Å². The number of thiophene rings is 2. The van der Waals surface area contributed by atoms with Crippen molar-refractivity contribution >= 4 is 54.5 Å². The Labute approximate surface area is 121 Å². The van der Waals surface area contributed by atoms with Crippen molar-refractivity contribution in [2.75, 3.05) is 0 Å². The van der Waals surface area contributed by atoms with Crippen LogP contribution in [0.25, 0.3) is 10.1 Å². The molecule has 2 heterocycles. The fourth-order valence-electron chi connectivity index (χ4n) is 1.79. The second-order valence-electron chi connectivity index (χ2n) is 3.99. The average molecular weight is 337 g/mol. The third kappa shape index (κ3) is 2.05. The Morgan fingerprint density at radius 2 is 1.83 bits per heavy atom. The van der Waals surface area contributed by atoms with E-state index < -0.39 is 0 Å². The third-order valence-electron chi connectivity index (χ3n) is 2.73. The van der Waals surface area contributed by atoms with Crippen LogP contribution in [0.1, 0.15) is 19.4 Å². The first-order valence-corrected chi connectivity index (χ1v) is 7.87. The van der Waals surface area contributed by atoms with Gasteiger partial charge in [0.1, 0.15) is 0 Å². The van der Waals surface area contributed by atoms with E-state index >= 15 is 0 Å². The number of halogens is 1. The van der Waals surface area contributed by atoms with Crippen molar-refractivity contribution in [3.05, 3.63) is 55.5 Å². The van der Waals surface area contributed by atoms with Crippen LogP contribution in [0.3, 0.4) is 0 Å². The van der Waals surface area contributed by atoms with Gasteiger partial charge in [-0.15, -0.1) is 22.7 Å². The largest absolute Gasteiger partial charge is 0.287 e. The van der Waals surface area contributed by atoms with Gasteiger partial charge in [0, 0.05) is 14.0 Å². The van der Waals surface area contributed by atoms with Gasteiger partial charge in [-0.1, -0.05) is 18.2 Å². The van der Waals surface area contributed by atoms with Crippen molar-refractivity contribution in [2.24, 2.45) is 0 Å². The summed E-state index contributed by atoms with van der Waals surface area (Å²) in [6.07, 6.45) is 0. The normalized spacial score (nSPS) is 11.0. The summed E-state index contributed by atoms with van der Waals surface area (Å²) in [4.78, 5) is 15.1. The smallest absolute Gasteiger partial charge is 0.212 e. The van der Waals surface area contributed by atoms with Gasteiger partial charge in [-0.3, -0.25) is 4.79 Å². The number of hydrogen-bond donors (Lipinski definition) is 0. The van der Waals surface area contributed by atoms with Gasteiger partial charge in [-0.25, -0.2) is 0 Å². The summed E-state index contributed by atoms with van der Waals surface area (Å²) in [5.41, 5.74) is 0. The Kier molecular flexibility index (Phi) is 3.09. The van der Waals surface area contributed by atoms with Crippen molar-refractivity contribution in [1.29, 1.82) is 0 Å². The van der Waals surface area contributed by atoms with Crippen molar-refractivity contribution in [3.8, 4) is 0 Å². The fourth-order valence-corrected chi connectivity index (χ4v) is 4.36. The minimum absolute atomic E-state index is 0.120. The van der Waals surface area contributed by atoms with Gasteiger partial charge >= 0.3 is 0 Å². The van der Waals surface area contributed by atoms with Crippen LogP contribution >= 0.6 is 38.6 Å². The number of rotatable bonds is 2. The van der Waals surface area contributed by atoms with Gasteiger partial charge in [0.2, 0.25) is 5.78 Å². The van der Waals surface area contributed by atoms with E-state index in [1.54, 1.807) is 11.3 Å². The van der Waals surface area contributed by atoms with Crippen molar-refractivity contribution in [2.45, 2.75) is 6.92 Å². The predicted octanol–water partition coefficient (Wildman–Crippen LogP) is 5.26. The minimum Gasteiger partial charge on any atom is -0.287 e.